The van der Waals surface area contributed by atoms with Gasteiger partial charge in [0.15, 0.2) is 11.5 Å². The predicted octanol–water partition coefficient (Wildman–Crippen LogP) is 5.11. The molecule has 0 aliphatic heterocycles. The van der Waals surface area contributed by atoms with Crippen molar-refractivity contribution in [2.45, 2.75) is 47.1 Å². The minimum atomic E-state index is -0.631. The number of halogens is 2. The van der Waals surface area contributed by atoms with Crippen LogP contribution in [0.25, 0.3) is 0 Å². The van der Waals surface area contributed by atoms with Crippen molar-refractivity contribution in [1.82, 2.24) is 4.57 Å². The Bertz CT molecular complexity index is 1050. The number of hydrogen-bond donors (Lipinski definition) is 1. The van der Waals surface area contributed by atoms with Crippen LogP contribution in [0.15, 0.2) is 16.9 Å². The Morgan fingerprint density at radius 3 is 2.40 bits per heavy atom. The van der Waals surface area contributed by atoms with Gasteiger partial charge in [-0.25, -0.2) is 0 Å². The summed E-state index contributed by atoms with van der Waals surface area (Å²) in [5.74, 6) is -0.783. The second kappa shape index (κ2) is 10.0. The maximum absolute atomic E-state index is 13.2. The summed E-state index contributed by atoms with van der Waals surface area (Å²) in [5, 5.41) is 20.5. The van der Waals surface area contributed by atoms with Gasteiger partial charge in [0.25, 0.3) is 5.56 Å². The molecule has 2 rings (SSSR count). The van der Waals surface area contributed by atoms with E-state index in [9.17, 15) is 20.0 Å². The number of carbonyl (C=O) groups excluding carboxylic acids is 1. The summed E-state index contributed by atoms with van der Waals surface area (Å²) < 4.78 is 6.65. The molecule has 30 heavy (non-hydrogen) atoms. The molecule has 0 spiro atoms. The molecule has 0 saturated heterocycles. The second-order valence-electron chi connectivity index (χ2n) is 7.42. The van der Waals surface area contributed by atoms with Gasteiger partial charge in [-0.1, -0.05) is 50.4 Å². The third kappa shape index (κ3) is 4.80. The highest BCUT2D eigenvalue weighted by atomic mass is 35.5. The molecule has 0 radical (unpaired) electrons. The molecule has 1 aromatic carbocycles. The van der Waals surface area contributed by atoms with Gasteiger partial charge in [-0.2, -0.15) is 5.26 Å². The summed E-state index contributed by atoms with van der Waals surface area (Å²) in [4.78, 5) is 25.8. The highest BCUT2D eigenvalue weighted by Gasteiger charge is 2.26. The maximum Gasteiger partial charge on any atom is 0.271 e. The number of unbranched alkanes of at least 4 members (excludes halogenated alkanes) is 1. The van der Waals surface area contributed by atoms with Crippen molar-refractivity contribution in [2.75, 3.05) is 6.61 Å². The van der Waals surface area contributed by atoms with Crippen LogP contribution in [0.1, 0.15) is 60.7 Å². The number of benzene rings is 1. The van der Waals surface area contributed by atoms with Crippen molar-refractivity contribution in [3.05, 3.63) is 54.8 Å². The highest BCUT2D eigenvalue weighted by Crippen LogP contribution is 2.36. The Kier molecular flexibility index (Phi) is 7.94. The van der Waals surface area contributed by atoms with Crippen molar-refractivity contribution in [2.24, 2.45) is 5.92 Å². The van der Waals surface area contributed by atoms with E-state index in [1.165, 1.54) is 19.1 Å². The Hall–Kier alpha value is -2.49. The Morgan fingerprint density at radius 2 is 1.90 bits per heavy atom. The highest BCUT2D eigenvalue weighted by molar-refractivity contribution is 6.38. The summed E-state index contributed by atoms with van der Waals surface area (Å²) in [6, 6.07) is 4.65. The summed E-state index contributed by atoms with van der Waals surface area (Å²) in [5.41, 5.74) is -0.717. The van der Waals surface area contributed by atoms with E-state index in [1.54, 1.807) is 0 Å². The molecular weight excluding hydrogens is 427 g/mol. The number of ketones is 1. The largest absolute Gasteiger partial charge is 0.494 e. The van der Waals surface area contributed by atoms with Gasteiger partial charge in [0, 0.05) is 12.1 Å². The molecule has 0 saturated carbocycles. The third-order valence-electron chi connectivity index (χ3n) is 4.58. The molecule has 1 aromatic heterocycles. The fraction of sp³-hybridized carbons (Fsp3) is 0.409. The topological polar surface area (TPSA) is 92.3 Å². The van der Waals surface area contributed by atoms with E-state index in [0.717, 1.165) is 17.4 Å². The second-order valence-corrected chi connectivity index (χ2v) is 8.23. The summed E-state index contributed by atoms with van der Waals surface area (Å²) in [6.45, 7) is 7.79. The van der Waals surface area contributed by atoms with Crippen LogP contribution in [-0.2, 0) is 6.54 Å². The van der Waals surface area contributed by atoms with Gasteiger partial charge in [-0.05, 0) is 37.0 Å². The molecule has 0 fully saturated rings. The number of carbonyl (C=O) groups is 1. The van der Waals surface area contributed by atoms with Crippen LogP contribution in [0.5, 0.6) is 11.6 Å². The third-order valence-corrected chi connectivity index (χ3v) is 5.14. The van der Waals surface area contributed by atoms with E-state index in [0.29, 0.717) is 6.61 Å². The van der Waals surface area contributed by atoms with E-state index < -0.39 is 17.2 Å². The first-order valence-corrected chi connectivity index (χ1v) is 10.4. The standard InChI is InChI=1S/C22H24Cl2N2O4/c1-5-6-7-30-20-16(23)8-14(9-17(20)24)19(27)18-13(4)15(10-25)21(28)26(22(18)29)11-12(2)3/h8-9,12,29H,5-7,11H2,1-4H3. The zero-order valence-corrected chi connectivity index (χ0v) is 18.9. The smallest absolute Gasteiger partial charge is 0.271 e. The fourth-order valence-electron chi connectivity index (χ4n) is 3.05. The molecule has 0 atom stereocenters. The Morgan fingerprint density at radius 1 is 1.30 bits per heavy atom. The van der Waals surface area contributed by atoms with Gasteiger partial charge in [-0.3, -0.25) is 14.2 Å². The molecule has 0 unspecified atom stereocenters. The number of hydrogen-bond acceptors (Lipinski definition) is 5. The molecule has 0 amide bonds. The van der Waals surface area contributed by atoms with Crippen LogP contribution in [-0.4, -0.2) is 22.1 Å². The monoisotopic (exact) mass is 450 g/mol. The lowest BCUT2D eigenvalue weighted by Gasteiger charge is -2.17. The van der Waals surface area contributed by atoms with Crippen LogP contribution in [0.3, 0.4) is 0 Å². The van der Waals surface area contributed by atoms with Crippen molar-refractivity contribution in [3.63, 3.8) is 0 Å². The van der Waals surface area contributed by atoms with Gasteiger partial charge < -0.3 is 9.84 Å². The van der Waals surface area contributed by atoms with E-state index in [1.807, 2.05) is 26.8 Å². The average Bonchev–Trinajstić information content (AvgIpc) is 2.67. The van der Waals surface area contributed by atoms with E-state index >= 15 is 0 Å². The molecule has 2 aromatic rings. The van der Waals surface area contributed by atoms with E-state index in [4.69, 9.17) is 27.9 Å². The van der Waals surface area contributed by atoms with Crippen molar-refractivity contribution < 1.29 is 14.6 Å². The number of nitrogens with zero attached hydrogens (tertiary/aromatic N) is 2. The first-order valence-electron chi connectivity index (χ1n) is 9.66. The molecule has 1 heterocycles. The molecule has 0 aliphatic carbocycles. The molecule has 160 valence electrons. The van der Waals surface area contributed by atoms with E-state index in [2.05, 4.69) is 0 Å². The SMILES string of the molecule is CCCCOc1c(Cl)cc(C(=O)c2c(C)c(C#N)c(=O)n(CC(C)C)c2O)cc1Cl. The predicted molar refractivity (Wildman–Crippen MR) is 117 cm³/mol. The lowest BCUT2D eigenvalue weighted by Crippen LogP contribution is -2.28. The van der Waals surface area contributed by atoms with Crippen LogP contribution in [0.2, 0.25) is 10.0 Å². The van der Waals surface area contributed by atoms with Gasteiger partial charge in [0.1, 0.15) is 11.6 Å². The zero-order chi connectivity index (χ0) is 22.6. The maximum atomic E-state index is 13.2. The van der Waals surface area contributed by atoms with Crippen LogP contribution >= 0.6 is 23.2 Å². The molecule has 8 heteroatoms. The van der Waals surface area contributed by atoms with E-state index in [-0.39, 0.29) is 50.5 Å². The number of ether oxygens (including phenoxy) is 1. The quantitative estimate of drug-likeness (QED) is 0.445. The summed E-state index contributed by atoms with van der Waals surface area (Å²) in [6.07, 6.45) is 1.77. The number of pyridine rings is 1. The first kappa shape index (κ1) is 23.8. The molecule has 6 nitrogen and oxygen atoms in total. The number of aromatic nitrogens is 1. The summed E-state index contributed by atoms with van der Waals surface area (Å²) in [7, 11) is 0. The van der Waals surface area contributed by atoms with Crippen molar-refractivity contribution in [1.29, 1.82) is 5.26 Å². The van der Waals surface area contributed by atoms with Gasteiger partial charge in [0.2, 0.25) is 5.88 Å². The van der Waals surface area contributed by atoms with Gasteiger partial charge in [0.05, 0.1) is 22.2 Å². The Balaban J connectivity index is 2.61. The average molecular weight is 451 g/mol. The van der Waals surface area contributed by atoms with Crippen LogP contribution in [0, 0.1) is 24.2 Å². The minimum absolute atomic E-state index is 0.00856. The van der Waals surface area contributed by atoms with Gasteiger partial charge >= 0.3 is 0 Å². The normalized spacial score (nSPS) is 10.9. The number of nitriles is 1. The zero-order valence-electron chi connectivity index (χ0n) is 17.4. The molecule has 0 aliphatic rings. The van der Waals surface area contributed by atoms with Crippen molar-refractivity contribution in [3.8, 4) is 17.7 Å². The summed E-state index contributed by atoms with van der Waals surface area (Å²) >= 11 is 12.6. The number of aromatic hydroxyl groups is 1. The van der Waals surface area contributed by atoms with Crippen LogP contribution in [0.4, 0.5) is 0 Å². The fourth-order valence-corrected chi connectivity index (χ4v) is 3.65. The first-order chi connectivity index (χ1) is 14.1. The van der Waals surface area contributed by atoms with Crippen LogP contribution < -0.4 is 10.3 Å². The molecular formula is C22H24Cl2N2O4. The molecule has 1 N–H and O–H groups in total. The lowest BCUT2D eigenvalue weighted by molar-refractivity contribution is 0.103. The molecule has 0 bridgehead atoms. The number of rotatable bonds is 8. The van der Waals surface area contributed by atoms with Crippen molar-refractivity contribution >= 4 is 29.0 Å². The Labute approximate surface area is 185 Å². The minimum Gasteiger partial charge on any atom is -0.494 e. The van der Waals surface area contributed by atoms with Gasteiger partial charge in [-0.15, -0.1) is 0 Å². The lowest BCUT2D eigenvalue weighted by atomic mass is 9.97.